The monoisotopic (exact) mass is 226 g/mol. The van der Waals surface area contributed by atoms with Gasteiger partial charge in [0.2, 0.25) is 0 Å². The highest BCUT2D eigenvalue weighted by Gasteiger charge is 2.10. The molecule has 0 bridgehead atoms. The van der Waals surface area contributed by atoms with Gasteiger partial charge in [0.05, 0.1) is 23.2 Å². The van der Waals surface area contributed by atoms with Crippen molar-refractivity contribution in [3.05, 3.63) is 28.6 Å². The van der Waals surface area contributed by atoms with Crippen LogP contribution in [0.15, 0.2) is 22.9 Å². The Balaban J connectivity index is 2.26. The van der Waals surface area contributed by atoms with Gasteiger partial charge in [-0.2, -0.15) is 0 Å². The van der Waals surface area contributed by atoms with Gasteiger partial charge >= 0.3 is 0 Å². The first-order chi connectivity index (χ1) is 6.81. The number of thiophene rings is 1. The van der Waals surface area contributed by atoms with Gasteiger partial charge in [-0.25, -0.2) is 4.98 Å². The summed E-state index contributed by atoms with van der Waals surface area (Å²) < 4.78 is 0. The lowest BCUT2D eigenvalue weighted by Gasteiger charge is -2.01. The van der Waals surface area contributed by atoms with Gasteiger partial charge in [0, 0.05) is 5.38 Å². The molecule has 0 aliphatic carbocycles. The number of aliphatic hydroxyl groups is 1. The topological polar surface area (TPSA) is 59.1 Å². The second-order valence-corrected chi connectivity index (χ2v) is 4.65. The van der Waals surface area contributed by atoms with Gasteiger partial charge in [-0.1, -0.05) is 6.07 Å². The first-order valence-electron chi connectivity index (χ1n) is 4.17. The number of aromatic nitrogens is 1. The molecule has 0 radical (unpaired) electrons. The molecule has 0 saturated carbocycles. The number of thiazole rings is 1. The SMILES string of the molecule is NC(CO)c1csc(-c2cccs2)n1. The van der Waals surface area contributed by atoms with Crippen molar-refractivity contribution in [1.82, 2.24) is 4.98 Å². The molecule has 5 heteroatoms. The van der Waals surface area contributed by atoms with Crippen LogP contribution in [0.2, 0.25) is 0 Å². The quantitative estimate of drug-likeness (QED) is 0.840. The third kappa shape index (κ3) is 1.85. The molecule has 1 unspecified atom stereocenters. The number of hydrogen-bond donors (Lipinski definition) is 2. The molecule has 2 rings (SSSR count). The molecular formula is C9H10N2OS2. The number of aliphatic hydroxyl groups excluding tert-OH is 1. The van der Waals surface area contributed by atoms with E-state index < -0.39 is 0 Å². The number of hydrogen-bond acceptors (Lipinski definition) is 5. The molecule has 0 amide bonds. The number of nitrogens with zero attached hydrogens (tertiary/aromatic N) is 1. The minimum absolute atomic E-state index is 0.0619. The molecule has 0 saturated heterocycles. The summed E-state index contributed by atoms with van der Waals surface area (Å²) in [5, 5.41) is 13.8. The van der Waals surface area contributed by atoms with E-state index in [2.05, 4.69) is 4.98 Å². The highest BCUT2D eigenvalue weighted by molar-refractivity contribution is 7.20. The van der Waals surface area contributed by atoms with E-state index in [1.54, 1.807) is 22.7 Å². The minimum Gasteiger partial charge on any atom is -0.394 e. The molecule has 0 aromatic carbocycles. The van der Waals surface area contributed by atoms with Crippen molar-refractivity contribution in [1.29, 1.82) is 0 Å². The minimum atomic E-state index is -0.361. The second-order valence-electron chi connectivity index (χ2n) is 2.84. The average molecular weight is 226 g/mol. The third-order valence-corrected chi connectivity index (χ3v) is 3.73. The fourth-order valence-electron chi connectivity index (χ4n) is 1.06. The summed E-state index contributed by atoms with van der Waals surface area (Å²) in [5.41, 5.74) is 6.42. The molecule has 0 spiro atoms. The Bertz CT molecular complexity index is 397. The summed E-state index contributed by atoms with van der Waals surface area (Å²) >= 11 is 3.21. The maximum Gasteiger partial charge on any atom is 0.133 e. The normalized spacial score (nSPS) is 13.0. The van der Waals surface area contributed by atoms with Crippen molar-refractivity contribution >= 4 is 22.7 Å². The van der Waals surface area contributed by atoms with E-state index in [4.69, 9.17) is 10.8 Å². The summed E-state index contributed by atoms with van der Waals surface area (Å²) in [6.45, 7) is -0.0619. The molecular weight excluding hydrogens is 216 g/mol. The van der Waals surface area contributed by atoms with Gasteiger partial charge in [-0.05, 0) is 11.4 Å². The Morgan fingerprint density at radius 3 is 3.00 bits per heavy atom. The van der Waals surface area contributed by atoms with Crippen LogP contribution in [0.4, 0.5) is 0 Å². The van der Waals surface area contributed by atoms with E-state index in [1.807, 2.05) is 22.9 Å². The van der Waals surface area contributed by atoms with E-state index in [0.29, 0.717) is 0 Å². The lowest BCUT2D eigenvalue weighted by Crippen LogP contribution is -2.14. The third-order valence-electron chi connectivity index (χ3n) is 1.83. The van der Waals surface area contributed by atoms with E-state index in [9.17, 15) is 0 Å². The van der Waals surface area contributed by atoms with Crippen LogP contribution in [0.1, 0.15) is 11.7 Å². The molecule has 2 aromatic heterocycles. The largest absolute Gasteiger partial charge is 0.394 e. The Labute approximate surface area is 89.9 Å². The molecule has 2 aromatic rings. The fourth-order valence-corrected chi connectivity index (χ4v) is 2.76. The zero-order chi connectivity index (χ0) is 9.97. The van der Waals surface area contributed by atoms with Crippen LogP contribution in [-0.4, -0.2) is 16.7 Å². The molecule has 0 fully saturated rings. The lowest BCUT2D eigenvalue weighted by atomic mass is 10.3. The van der Waals surface area contributed by atoms with Crippen molar-refractivity contribution in [3.63, 3.8) is 0 Å². The summed E-state index contributed by atoms with van der Waals surface area (Å²) in [4.78, 5) is 5.51. The van der Waals surface area contributed by atoms with E-state index in [-0.39, 0.29) is 12.6 Å². The van der Waals surface area contributed by atoms with Crippen molar-refractivity contribution in [2.75, 3.05) is 6.61 Å². The van der Waals surface area contributed by atoms with Crippen LogP contribution in [0.5, 0.6) is 0 Å². The zero-order valence-corrected chi connectivity index (χ0v) is 9.02. The van der Waals surface area contributed by atoms with Crippen molar-refractivity contribution in [2.24, 2.45) is 5.73 Å². The zero-order valence-electron chi connectivity index (χ0n) is 7.38. The van der Waals surface area contributed by atoms with Gasteiger partial charge < -0.3 is 10.8 Å². The van der Waals surface area contributed by atoms with Crippen molar-refractivity contribution < 1.29 is 5.11 Å². The van der Waals surface area contributed by atoms with Crippen LogP contribution in [0, 0.1) is 0 Å². The van der Waals surface area contributed by atoms with Crippen LogP contribution in [0.25, 0.3) is 9.88 Å². The average Bonchev–Trinajstić information content (AvgIpc) is 2.86. The van der Waals surface area contributed by atoms with Crippen LogP contribution >= 0.6 is 22.7 Å². The first kappa shape index (κ1) is 9.79. The second kappa shape index (κ2) is 4.18. The van der Waals surface area contributed by atoms with Crippen molar-refractivity contribution in [2.45, 2.75) is 6.04 Å². The summed E-state index contributed by atoms with van der Waals surface area (Å²) in [7, 11) is 0. The Kier molecular flexibility index (Phi) is 2.93. The Hall–Kier alpha value is -0.750. The molecule has 3 N–H and O–H groups in total. The van der Waals surface area contributed by atoms with Gasteiger partial charge in [-0.15, -0.1) is 22.7 Å². The number of nitrogens with two attached hydrogens (primary N) is 1. The molecule has 0 aliphatic heterocycles. The first-order valence-corrected chi connectivity index (χ1v) is 5.93. The molecule has 1 atom stereocenters. The van der Waals surface area contributed by atoms with Crippen LogP contribution in [0.3, 0.4) is 0 Å². The van der Waals surface area contributed by atoms with Gasteiger partial charge in [-0.3, -0.25) is 0 Å². The van der Waals surface area contributed by atoms with Gasteiger partial charge in [0.1, 0.15) is 5.01 Å². The summed E-state index contributed by atoms with van der Waals surface area (Å²) in [6.07, 6.45) is 0. The van der Waals surface area contributed by atoms with E-state index >= 15 is 0 Å². The molecule has 74 valence electrons. The van der Waals surface area contributed by atoms with E-state index in [1.165, 1.54) is 0 Å². The Morgan fingerprint density at radius 1 is 1.50 bits per heavy atom. The molecule has 14 heavy (non-hydrogen) atoms. The molecule has 3 nitrogen and oxygen atoms in total. The fraction of sp³-hybridized carbons (Fsp3) is 0.222. The Morgan fingerprint density at radius 2 is 2.36 bits per heavy atom. The summed E-state index contributed by atoms with van der Waals surface area (Å²) in [5.74, 6) is 0. The maximum atomic E-state index is 8.87. The highest BCUT2D eigenvalue weighted by atomic mass is 32.1. The lowest BCUT2D eigenvalue weighted by molar-refractivity contribution is 0.266. The van der Waals surface area contributed by atoms with Gasteiger partial charge in [0.25, 0.3) is 0 Å². The molecule has 0 aliphatic rings. The maximum absolute atomic E-state index is 8.87. The standard InChI is InChI=1S/C9H10N2OS2/c10-6(4-12)7-5-14-9(11-7)8-2-1-3-13-8/h1-3,5-6,12H,4,10H2. The highest BCUT2D eigenvalue weighted by Crippen LogP contribution is 2.28. The predicted molar refractivity (Wildman–Crippen MR) is 59.4 cm³/mol. The van der Waals surface area contributed by atoms with E-state index in [0.717, 1.165) is 15.6 Å². The van der Waals surface area contributed by atoms with Crippen molar-refractivity contribution in [3.8, 4) is 9.88 Å². The predicted octanol–water partition coefficient (Wildman–Crippen LogP) is 1.86. The molecule has 2 heterocycles. The summed E-state index contributed by atoms with van der Waals surface area (Å²) in [6, 6.07) is 3.66. The smallest absolute Gasteiger partial charge is 0.133 e. The number of rotatable bonds is 3. The van der Waals surface area contributed by atoms with Gasteiger partial charge in [0.15, 0.2) is 0 Å². The van der Waals surface area contributed by atoms with Crippen LogP contribution < -0.4 is 5.73 Å². The van der Waals surface area contributed by atoms with Crippen LogP contribution in [-0.2, 0) is 0 Å².